The molecule has 0 bridgehead atoms. The lowest BCUT2D eigenvalue weighted by molar-refractivity contribution is 0.407. The summed E-state index contributed by atoms with van der Waals surface area (Å²) in [5.41, 5.74) is 3.38. The summed E-state index contributed by atoms with van der Waals surface area (Å²) >= 11 is 10.6. The maximum Gasteiger partial charge on any atom is 0.138 e. The molecule has 0 saturated carbocycles. The van der Waals surface area contributed by atoms with E-state index in [-0.39, 0.29) is 0 Å². The topological polar surface area (TPSA) is 21.3 Å². The zero-order chi connectivity index (χ0) is 14.7. The molecule has 0 unspecified atom stereocenters. The largest absolute Gasteiger partial charge is 0.495 e. The van der Waals surface area contributed by atoms with Crippen LogP contribution in [-0.4, -0.2) is 7.11 Å². The van der Waals surface area contributed by atoms with Crippen molar-refractivity contribution in [1.29, 1.82) is 0 Å². The molecule has 0 aliphatic heterocycles. The van der Waals surface area contributed by atoms with Crippen molar-refractivity contribution in [2.75, 3.05) is 12.4 Å². The molecule has 5 heteroatoms. The van der Waals surface area contributed by atoms with Crippen molar-refractivity contribution in [1.82, 2.24) is 0 Å². The molecule has 20 heavy (non-hydrogen) atoms. The lowest BCUT2D eigenvalue weighted by atomic mass is 10.2. The molecule has 0 fully saturated rings. The van der Waals surface area contributed by atoms with E-state index in [1.54, 1.807) is 7.11 Å². The first-order valence-electron chi connectivity index (χ1n) is 6.03. The minimum Gasteiger partial charge on any atom is -0.495 e. The highest BCUT2D eigenvalue weighted by atomic mass is 79.9. The highest BCUT2D eigenvalue weighted by Gasteiger charge is 2.09. The molecule has 2 aromatic rings. The third-order valence-corrected chi connectivity index (χ3v) is 4.59. The second kappa shape index (κ2) is 6.96. The van der Waals surface area contributed by atoms with Crippen LogP contribution in [0.25, 0.3) is 0 Å². The Morgan fingerprint density at radius 2 is 1.80 bits per heavy atom. The third-order valence-electron chi connectivity index (χ3n) is 2.88. The van der Waals surface area contributed by atoms with Gasteiger partial charge in [-0.05, 0) is 68.6 Å². The van der Waals surface area contributed by atoms with Crippen LogP contribution in [0.3, 0.4) is 0 Å². The van der Waals surface area contributed by atoms with Crippen molar-refractivity contribution in [2.24, 2.45) is 0 Å². The molecule has 1 N–H and O–H groups in total. The molecule has 2 nitrogen and oxygen atoms in total. The first kappa shape index (κ1) is 15.9. The van der Waals surface area contributed by atoms with Gasteiger partial charge in [0.1, 0.15) is 5.75 Å². The molecule has 0 radical (unpaired) electrons. The number of halogens is 3. The Morgan fingerprint density at radius 1 is 1.05 bits per heavy atom. The summed E-state index contributed by atoms with van der Waals surface area (Å²) in [6.45, 7) is 2.76. The third kappa shape index (κ3) is 3.77. The van der Waals surface area contributed by atoms with Gasteiger partial charge in [-0.3, -0.25) is 0 Å². The van der Waals surface area contributed by atoms with Gasteiger partial charge in [0, 0.05) is 26.7 Å². The van der Waals surface area contributed by atoms with Crippen LogP contribution in [0, 0.1) is 6.92 Å². The quantitative estimate of drug-likeness (QED) is 0.609. The van der Waals surface area contributed by atoms with Crippen molar-refractivity contribution in [3.05, 3.63) is 54.9 Å². The Labute approximate surface area is 144 Å². The van der Waals surface area contributed by atoms with Gasteiger partial charge in [-0.15, -0.1) is 0 Å². The Balaban J connectivity index is 2.22. The van der Waals surface area contributed by atoms with E-state index in [4.69, 9.17) is 4.74 Å². The Kier molecular flexibility index (Phi) is 5.52. The molecule has 2 aromatic carbocycles. The number of rotatable bonds is 4. The fraction of sp³-hybridized carbons (Fsp3) is 0.200. The Hall–Kier alpha value is -0.520. The van der Waals surface area contributed by atoms with Gasteiger partial charge in [-0.2, -0.15) is 0 Å². The van der Waals surface area contributed by atoms with Crippen LogP contribution in [0.15, 0.2) is 43.7 Å². The van der Waals surface area contributed by atoms with E-state index in [0.29, 0.717) is 6.54 Å². The lowest BCUT2D eigenvalue weighted by Gasteiger charge is -2.14. The number of aryl methyl sites for hydroxylation is 1. The molecule has 2 rings (SSSR count). The van der Waals surface area contributed by atoms with Crippen LogP contribution in [-0.2, 0) is 6.54 Å². The fourth-order valence-electron chi connectivity index (χ4n) is 1.93. The minimum absolute atomic E-state index is 0.683. The summed E-state index contributed by atoms with van der Waals surface area (Å²) in [5.74, 6) is 0.851. The number of benzene rings is 2. The Morgan fingerprint density at radius 3 is 2.45 bits per heavy atom. The summed E-state index contributed by atoms with van der Waals surface area (Å²) in [5, 5.41) is 3.42. The van der Waals surface area contributed by atoms with Gasteiger partial charge in [0.05, 0.1) is 11.6 Å². The van der Waals surface area contributed by atoms with Crippen LogP contribution in [0.2, 0.25) is 0 Å². The normalized spacial score (nSPS) is 10.4. The maximum absolute atomic E-state index is 5.45. The maximum atomic E-state index is 5.45. The molecule has 0 spiro atoms. The minimum atomic E-state index is 0.683. The summed E-state index contributed by atoms with van der Waals surface area (Å²) in [7, 11) is 1.68. The lowest BCUT2D eigenvalue weighted by Crippen LogP contribution is -2.03. The monoisotopic (exact) mass is 461 g/mol. The van der Waals surface area contributed by atoms with Crippen molar-refractivity contribution in [3.8, 4) is 5.75 Å². The van der Waals surface area contributed by atoms with Gasteiger partial charge >= 0.3 is 0 Å². The average molecular weight is 464 g/mol. The fourth-order valence-corrected chi connectivity index (χ4v) is 4.04. The molecule has 0 amide bonds. The van der Waals surface area contributed by atoms with E-state index in [9.17, 15) is 0 Å². The van der Waals surface area contributed by atoms with E-state index in [1.165, 1.54) is 5.56 Å². The van der Waals surface area contributed by atoms with E-state index >= 15 is 0 Å². The molecule has 0 aliphatic rings. The van der Waals surface area contributed by atoms with Crippen molar-refractivity contribution in [2.45, 2.75) is 13.5 Å². The highest BCUT2D eigenvalue weighted by Crippen LogP contribution is 2.33. The van der Waals surface area contributed by atoms with E-state index in [2.05, 4.69) is 84.3 Å². The predicted molar refractivity (Wildman–Crippen MR) is 94.6 cm³/mol. The number of anilines is 1. The number of hydrogen-bond acceptors (Lipinski definition) is 2. The SMILES string of the molecule is COc1c(Br)cc(Br)cc1CNc1ccc(C)cc1Br. The molecule has 0 aliphatic carbocycles. The summed E-state index contributed by atoms with van der Waals surface area (Å²) in [6.07, 6.45) is 0. The second-order valence-electron chi connectivity index (χ2n) is 4.42. The van der Waals surface area contributed by atoms with Crippen molar-refractivity contribution >= 4 is 53.5 Å². The average Bonchev–Trinajstić information content (AvgIpc) is 2.37. The first-order valence-corrected chi connectivity index (χ1v) is 8.41. The van der Waals surface area contributed by atoms with Crippen LogP contribution in [0.1, 0.15) is 11.1 Å². The summed E-state index contributed by atoms with van der Waals surface area (Å²) in [6, 6.07) is 10.3. The molecule has 0 aromatic heterocycles. The van der Waals surface area contributed by atoms with Crippen LogP contribution >= 0.6 is 47.8 Å². The van der Waals surface area contributed by atoms with E-state index < -0.39 is 0 Å². The predicted octanol–water partition coefficient (Wildman–Crippen LogP) is 5.90. The zero-order valence-electron chi connectivity index (χ0n) is 11.1. The molecule has 0 atom stereocenters. The number of methoxy groups -OCH3 is 1. The van der Waals surface area contributed by atoms with Gasteiger partial charge in [-0.1, -0.05) is 22.0 Å². The molecular formula is C15H14Br3NO. The molecule has 0 heterocycles. The van der Waals surface area contributed by atoms with Crippen LogP contribution in [0.5, 0.6) is 5.75 Å². The first-order chi connectivity index (χ1) is 9.51. The summed E-state index contributed by atoms with van der Waals surface area (Å²) in [4.78, 5) is 0. The smallest absolute Gasteiger partial charge is 0.138 e. The molecular weight excluding hydrogens is 450 g/mol. The number of nitrogens with one attached hydrogen (secondary N) is 1. The summed E-state index contributed by atoms with van der Waals surface area (Å²) < 4.78 is 8.47. The standard InChI is InChI=1S/C15H14Br3NO/c1-9-3-4-14(12(17)5-9)19-8-10-6-11(16)7-13(18)15(10)20-2/h3-7,19H,8H2,1-2H3. The van der Waals surface area contributed by atoms with Crippen LogP contribution < -0.4 is 10.1 Å². The highest BCUT2D eigenvalue weighted by molar-refractivity contribution is 9.11. The molecule has 106 valence electrons. The van der Waals surface area contributed by atoms with Crippen molar-refractivity contribution < 1.29 is 4.74 Å². The van der Waals surface area contributed by atoms with Gasteiger partial charge in [0.2, 0.25) is 0 Å². The second-order valence-corrected chi connectivity index (χ2v) is 7.04. The van der Waals surface area contributed by atoms with Gasteiger partial charge < -0.3 is 10.1 Å². The zero-order valence-corrected chi connectivity index (χ0v) is 15.9. The van der Waals surface area contributed by atoms with Crippen molar-refractivity contribution in [3.63, 3.8) is 0 Å². The van der Waals surface area contributed by atoms with Crippen LogP contribution in [0.4, 0.5) is 5.69 Å². The Bertz CT molecular complexity index is 629. The molecule has 0 saturated heterocycles. The number of ether oxygens (including phenoxy) is 1. The van der Waals surface area contributed by atoms with Gasteiger partial charge in [-0.25, -0.2) is 0 Å². The van der Waals surface area contributed by atoms with E-state index in [1.807, 2.05) is 6.07 Å². The number of hydrogen-bond donors (Lipinski definition) is 1. The van der Waals surface area contributed by atoms with E-state index in [0.717, 1.165) is 30.4 Å². The van der Waals surface area contributed by atoms with Gasteiger partial charge in [0.15, 0.2) is 0 Å². The van der Waals surface area contributed by atoms with Gasteiger partial charge in [0.25, 0.3) is 0 Å².